The first-order valence-corrected chi connectivity index (χ1v) is 11.9. The van der Waals surface area contributed by atoms with Crippen molar-refractivity contribution in [2.24, 2.45) is 0 Å². The van der Waals surface area contributed by atoms with Gasteiger partial charge in [0.15, 0.2) is 0 Å². The Labute approximate surface area is 200 Å². The number of esters is 1. The van der Waals surface area contributed by atoms with Crippen LogP contribution in [0.3, 0.4) is 0 Å². The van der Waals surface area contributed by atoms with Crippen molar-refractivity contribution in [3.63, 3.8) is 0 Å². The predicted molar refractivity (Wildman–Crippen MR) is 130 cm³/mol. The maximum Gasteiger partial charge on any atom is 0.327 e. The summed E-state index contributed by atoms with van der Waals surface area (Å²) in [5.41, 5.74) is 6.20. The topological polar surface area (TPSA) is 58.6 Å². The molecule has 33 heavy (non-hydrogen) atoms. The molecule has 0 fully saturated rings. The quantitative estimate of drug-likeness (QED) is 0.580. The summed E-state index contributed by atoms with van der Waals surface area (Å²) >= 11 is 6.02. The van der Waals surface area contributed by atoms with Gasteiger partial charge in [0, 0.05) is 17.1 Å². The molecule has 1 aliphatic carbocycles. The molecule has 2 aromatic carbocycles. The number of hydrogen-bond acceptors (Lipinski definition) is 4. The number of methoxy groups -OCH3 is 1. The standard InChI is InChI=1S/C27H31ClN2O3/c1-17-8-13-21(18(2)16-17)24(27(32)33-3)29-25-22-6-4-5-7-23(22)26(31)30(25)15-14-19-9-11-20(28)12-10-19/h8-13,16,24-25,29H,4-7,14-15H2,1-3H3. The molecule has 0 bridgehead atoms. The predicted octanol–water partition coefficient (Wildman–Crippen LogP) is 5.04. The molecule has 0 aromatic heterocycles. The minimum absolute atomic E-state index is 0.0837. The normalized spacial score (nSPS) is 19.0. The summed E-state index contributed by atoms with van der Waals surface area (Å²) in [6, 6.07) is 13.1. The average molecular weight is 467 g/mol. The van der Waals surface area contributed by atoms with Crippen molar-refractivity contribution in [2.45, 2.75) is 58.2 Å². The number of halogens is 1. The van der Waals surface area contributed by atoms with Gasteiger partial charge in [-0.1, -0.05) is 47.5 Å². The van der Waals surface area contributed by atoms with Crippen LogP contribution in [-0.2, 0) is 20.7 Å². The highest BCUT2D eigenvalue weighted by Crippen LogP contribution is 2.37. The van der Waals surface area contributed by atoms with Gasteiger partial charge in [-0.05, 0) is 80.3 Å². The van der Waals surface area contributed by atoms with Crippen LogP contribution in [0.5, 0.6) is 0 Å². The van der Waals surface area contributed by atoms with Crippen molar-refractivity contribution in [2.75, 3.05) is 13.7 Å². The van der Waals surface area contributed by atoms with E-state index in [4.69, 9.17) is 16.3 Å². The van der Waals surface area contributed by atoms with Gasteiger partial charge in [-0.3, -0.25) is 10.1 Å². The third kappa shape index (κ3) is 4.99. The lowest BCUT2D eigenvalue weighted by Crippen LogP contribution is -2.49. The monoisotopic (exact) mass is 466 g/mol. The Morgan fingerprint density at radius 3 is 2.58 bits per heavy atom. The number of carbonyl (C=O) groups excluding carboxylic acids is 2. The maximum atomic E-state index is 13.4. The molecule has 2 aliphatic rings. The molecule has 0 saturated heterocycles. The summed E-state index contributed by atoms with van der Waals surface area (Å²) < 4.78 is 5.17. The summed E-state index contributed by atoms with van der Waals surface area (Å²) in [4.78, 5) is 28.2. The third-order valence-corrected chi connectivity index (χ3v) is 6.98. The molecule has 2 aromatic rings. The molecule has 2 unspecified atom stereocenters. The lowest BCUT2D eigenvalue weighted by atomic mass is 9.91. The van der Waals surface area contributed by atoms with Gasteiger partial charge in [-0.25, -0.2) is 4.79 Å². The molecule has 5 nitrogen and oxygen atoms in total. The van der Waals surface area contributed by atoms with Crippen molar-refractivity contribution in [1.82, 2.24) is 10.2 Å². The molecule has 6 heteroatoms. The van der Waals surface area contributed by atoms with E-state index >= 15 is 0 Å². The first kappa shape index (κ1) is 23.5. The number of aryl methyl sites for hydroxylation is 2. The number of amides is 1. The largest absolute Gasteiger partial charge is 0.468 e. The first-order valence-electron chi connectivity index (χ1n) is 11.6. The Kier molecular flexibility index (Phi) is 7.20. The Balaban J connectivity index is 1.63. The number of nitrogens with one attached hydrogen (secondary N) is 1. The first-order chi connectivity index (χ1) is 15.9. The highest BCUT2D eigenvalue weighted by Gasteiger charge is 2.41. The lowest BCUT2D eigenvalue weighted by molar-refractivity contribution is -0.144. The van der Waals surface area contributed by atoms with E-state index in [9.17, 15) is 9.59 Å². The molecular weight excluding hydrogens is 436 g/mol. The van der Waals surface area contributed by atoms with Crippen LogP contribution in [0.15, 0.2) is 53.6 Å². The minimum atomic E-state index is -0.653. The molecule has 1 N–H and O–H groups in total. The van der Waals surface area contributed by atoms with Gasteiger partial charge in [0.05, 0.1) is 7.11 Å². The lowest BCUT2D eigenvalue weighted by Gasteiger charge is -2.32. The third-order valence-electron chi connectivity index (χ3n) is 6.72. The van der Waals surface area contributed by atoms with Crippen molar-refractivity contribution in [3.05, 3.63) is 80.9 Å². The van der Waals surface area contributed by atoms with Crippen LogP contribution in [-0.4, -0.2) is 36.6 Å². The van der Waals surface area contributed by atoms with E-state index < -0.39 is 6.04 Å². The van der Waals surface area contributed by atoms with Crippen molar-refractivity contribution in [1.29, 1.82) is 0 Å². The number of carbonyl (C=O) groups is 2. The van der Waals surface area contributed by atoms with Crippen LogP contribution in [0, 0.1) is 13.8 Å². The summed E-state index contributed by atoms with van der Waals surface area (Å²) in [7, 11) is 1.41. The smallest absolute Gasteiger partial charge is 0.327 e. The van der Waals surface area contributed by atoms with Crippen molar-refractivity contribution >= 4 is 23.5 Å². The Hall–Kier alpha value is -2.63. The second-order valence-electron chi connectivity index (χ2n) is 8.97. The van der Waals surface area contributed by atoms with Crippen molar-refractivity contribution in [3.8, 4) is 0 Å². The van der Waals surface area contributed by atoms with Crippen LogP contribution >= 0.6 is 11.6 Å². The van der Waals surface area contributed by atoms with Gasteiger partial charge in [0.2, 0.25) is 0 Å². The maximum absolute atomic E-state index is 13.4. The molecule has 1 aliphatic heterocycles. The van der Waals surface area contributed by atoms with Crippen LogP contribution in [0.25, 0.3) is 0 Å². The fourth-order valence-corrected chi connectivity index (χ4v) is 5.11. The van der Waals surface area contributed by atoms with Crippen LogP contribution in [0.1, 0.15) is 54.0 Å². The van der Waals surface area contributed by atoms with E-state index in [1.165, 1.54) is 7.11 Å². The van der Waals surface area contributed by atoms with Crippen molar-refractivity contribution < 1.29 is 14.3 Å². The molecule has 174 valence electrons. The Morgan fingerprint density at radius 2 is 1.88 bits per heavy atom. The minimum Gasteiger partial charge on any atom is -0.468 e. The van der Waals surface area contributed by atoms with Crippen LogP contribution < -0.4 is 5.32 Å². The van der Waals surface area contributed by atoms with E-state index in [0.29, 0.717) is 18.0 Å². The van der Waals surface area contributed by atoms with Gasteiger partial charge in [-0.2, -0.15) is 0 Å². The van der Waals surface area contributed by atoms with Crippen LogP contribution in [0.4, 0.5) is 0 Å². The molecule has 1 heterocycles. The number of nitrogens with zero attached hydrogens (tertiary/aromatic N) is 1. The Morgan fingerprint density at radius 1 is 1.15 bits per heavy atom. The molecule has 4 rings (SSSR count). The van der Waals surface area contributed by atoms with Gasteiger partial charge >= 0.3 is 5.97 Å². The number of ether oxygens (including phenoxy) is 1. The molecule has 0 saturated carbocycles. The molecule has 1 amide bonds. The van der Waals surface area contributed by atoms with E-state index in [1.54, 1.807) is 0 Å². The van der Waals surface area contributed by atoms with Crippen LogP contribution in [0.2, 0.25) is 5.02 Å². The van der Waals surface area contributed by atoms with E-state index in [0.717, 1.165) is 59.1 Å². The van der Waals surface area contributed by atoms with Gasteiger partial charge in [0.1, 0.15) is 12.2 Å². The summed E-state index contributed by atoms with van der Waals surface area (Å²) in [6.07, 6.45) is 4.16. The average Bonchev–Trinajstić information content (AvgIpc) is 3.08. The fourth-order valence-electron chi connectivity index (χ4n) is 4.99. The summed E-state index contributed by atoms with van der Waals surface area (Å²) in [5, 5.41) is 4.22. The number of benzene rings is 2. The zero-order chi connectivity index (χ0) is 23.5. The highest BCUT2D eigenvalue weighted by atomic mass is 35.5. The Bertz CT molecular complexity index is 1080. The van der Waals surface area contributed by atoms with Gasteiger partial charge < -0.3 is 9.64 Å². The van der Waals surface area contributed by atoms with E-state index in [1.807, 2.05) is 55.1 Å². The molecular formula is C27H31ClN2O3. The van der Waals surface area contributed by atoms with Gasteiger partial charge in [0.25, 0.3) is 5.91 Å². The van der Waals surface area contributed by atoms with Gasteiger partial charge in [-0.15, -0.1) is 0 Å². The van der Waals surface area contributed by atoms with E-state index in [-0.39, 0.29) is 18.0 Å². The molecule has 0 radical (unpaired) electrons. The second kappa shape index (κ2) is 10.1. The highest BCUT2D eigenvalue weighted by molar-refractivity contribution is 6.30. The summed E-state index contributed by atoms with van der Waals surface area (Å²) in [5.74, 6) is -0.266. The molecule has 0 spiro atoms. The zero-order valence-corrected chi connectivity index (χ0v) is 20.2. The summed E-state index contributed by atoms with van der Waals surface area (Å²) in [6.45, 7) is 4.60. The second-order valence-corrected chi connectivity index (χ2v) is 9.41. The molecule has 2 atom stereocenters. The number of hydrogen-bond donors (Lipinski definition) is 1. The van der Waals surface area contributed by atoms with E-state index in [2.05, 4.69) is 11.4 Å². The number of rotatable bonds is 7. The zero-order valence-electron chi connectivity index (χ0n) is 19.5. The SMILES string of the molecule is COC(=O)C(NC1C2=C(CCCC2)C(=O)N1CCc1ccc(Cl)cc1)c1ccc(C)cc1C. The fraction of sp³-hybridized carbons (Fsp3) is 0.407.